The molecule has 0 fully saturated rings. The smallest absolute Gasteiger partial charge is 0.340 e. The molecule has 2 aromatic heterocycles. The van der Waals surface area contributed by atoms with E-state index >= 15 is 0 Å². The van der Waals surface area contributed by atoms with E-state index in [9.17, 15) is 9.90 Å². The summed E-state index contributed by atoms with van der Waals surface area (Å²) in [4.78, 5) is 19.8. The maximum absolute atomic E-state index is 11.5. The van der Waals surface area contributed by atoms with Crippen molar-refractivity contribution in [3.63, 3.8) is 0 Å². The topological polar surface area (TPSA) is 72.3 Å². The zero-order chi connectivity index (χ0) is 14.1. The van der Waals surface area contributed by atoms with E-state index in [-0.39, 0.29) is 11.3 Å². The molecule has 1 N–H and O–H groups in total. The molecule has 0 bridgehead atoms. The van der Waals surface area contributed by atoms with Gasteiger partial charge in [0.05, 0.1) is 11.7 Å². The van der Waals surface area contributed by atoms with Crippen molar-refractivity contribution >= 4 is 44.1 Å². The van der Waals surface area contributed by atoms with Crippen LogP contribution in [0.4, 0.5) is 0 Å². The van der Waals surface area contributed by atoms with E-state index in [1.165, 1.54) is 17.5 Å². The number of carboxylic acid groups (broad SMARTS) is 1. The summed E-state index contributed by atoms with van der Waals surface area (Å²) in [6, 6.07) is 7.03. The largest absolute Gasteiger partial charge is 0.478 e. The SMILES string of the molecule is O=C(O)c1c(Oc2nc(Br)cs2)cnc2ccccc12. The number of nitrogens with zero attached hydrogens (tertiary/aromatic N) is 2. The predicted molar refractivity (Wildman–Crippen MR) is 78.6 cm³/mol. The van der Waals surface area contributed by atoms with Gasteiger partial charge in [0.15, 0.2) is 5.75 Å². The fourth-order valence-electron chi connectivity index (χ4n) is 1.80. The summed E-state index contributed by atoms with van der Waals surface area (Å²) in [7, 11) is 0. The Kier molecular flexibility index (Phi) is 3.37. The van der Waals surface area contributed by atoms with Gasteiger partial charge < -0.3 is 9.84 Å². The summed E-state index contributed by atoms with van der Waals surface area (Å²) in [5, 5.41) is 12.1. The molecule has 0 saturated heterocycles. The van der Waals surface area contributed by atoms with Crippen LogP contribution in [0, 0.1) is 0 Å². The molecular weight excluding hydrogens is 344 g/mol. The Balaban J connectivity index is 2.15. The molecule has 7 heteroatoms. The minimum Gasteiger partial charge on any atom is -0.478 e. The Morgan fingerprint density at radius 3 is 2.85 bits per heavy atom. The fraction of sp³-hybridized carbons (Fsp3) is 0. The van der Waals surface area contributed by atoms with Crippen molar-refractivity contribution in [2.45, 2.75) is 0 Å². The van der Waals surface area contributed by atoms with Crippen LogP contribution >= 0.6 is 27.3 Å². The first-order valence-electron chi connectivity index (χ1n) is 5.55. The highest BCUT2D eigenvalue weighted by atomic mass is 79.9. The minimum atomic E-state index is -1.06. The number of para-hydroxylation sites is 1. The maximum Gasteiger partial charge on any atom is 0.340 e. The van der Waals surface area contributed by atoms with Crippen molar-refractivity contribution in [3.8, 4) is 10.9 Å². The molecule has 0 radical (unpaired) electrons. The van der Waals surface area contributed by atoms with Gasteiger partial charge in [0.1, 0.15) is 10.2 Å². The van der Waals surface area contributed by atoms with E-state index in [0.717, 1.165) is 0 Å². The monoisotopic (exact) mass is 350 g/mol. The van der Waals surface area contributed by atoms with Crippen LogP contribution in [0.2, 0.25) is 0 Å². The lowest BCUT2D eigenvalue weighted by Gasteiger charge is -2.08. The van der Waals surface area contributed by atoms with Gasteiger partial charge in [-0.25, -0.2) is 4.79 Å². The average Bonchev–Trinajstić information content (AvgIpc) is 2.83. The second kappa shape index (κ2) is 5.18. The summed E-state index contributed by atoms with van der Waals surface area (Å²) in [5.41, 5.74) is 0.694. The zero-order valence-electron chi connectivity index (χ0n) is 9.91. The predicted octanol–water partition coefficient (Wildman–Crippen LogP) is 3.94. The normalized spacial score (nSPS) is 10.7. The van der Waals surface area contributed by atoms with Crippen molar-refractivity contribution in [2.75, 3.05) is 0 Å². The number of carboxylic acids is 1. The van der Waals surface area contributed by atoms with Gasteiger partial charge in [-0.3, -0.25) is 4.98 Å². The quantitative estimate of drug-likeness (QED) is 0.774. The third kappa shape index (κ3) is 2.37. The lowest BCUT2D eigenvalue weighted by molar-refractivity contribution is 0.0696. The van der Waals surface area contributed by atoms with Gasteiger partial charge in [-0.2, -0.15) is 4.98 Å². The number of ether oxygens (including phenoxy) is 1. The first-order chi connectivity index (χ1) is 9.65. The second-order valence-corrected chi connectivity index (χ2v) is 5.49. The van der Waals surface area contributed by atoms with Gasteiger partial charge in [0, 0.05) is 10.8 Å². The van der Waals surface area contributed by atoms with Gasteiger partial charge in [-0.15, -0.1) is 0 Å². The second-order valence-electron chi connectivity index (χ2n) is 3.86. The molecule has 0 spiro atoms. The number of aromatic nitrogens is 2. The number of hydrogen-bond donors (Lipinski definition) is 1. The number of aromatic carboxylic acids is 1. The Labute approximate surface area is 126 Å². The molecule has 0 saturated carbocycles. The average molecular weight is 351 g/mol. The first-order valence-corrected chi connectivity index (χ1v) is 7.22. The van der Waals surface area contributed by atoms with Crippen LogP contribution in [0.1, 0.15) is 10.4 Å². The minimum absolute atomic E-state index is 0.0851. The van der Waals surface area contributed by atoms with Crippen LogP contribution in [0.5, 0.6) is 10.9 Å². The molecule has 100 valence electrons. The third-order valence-electron chi connectivity index (χ3n) is 2.61. The van der Waals surface area contributed by atoms with Crippen LogP contribution in [-0.4, -0.2) is 21.0 Å². The number of hydrogen-bond acceptors (Lipinski definition) is 5. The molecule has 1 aromatic carbocycles. The van der Waals surface area contributed by atoms with E-state index in [2.05, 4.69) is 25.9 Å². The van der Waals surface area contributed by atoms with Crippen LogP contribution < -0.4 is 4.74 Å². The third-order valence-corrected chi connectivity index (χ3v) is 4.03. The lowest BCUT2D eigenvalue weighted by atomic mass is 10.1. The standard InChI is InChI=1S/C13H7BrN2O3S/c14-10-6-20-13(16-10)19-9-5-15-8-4-2-1-3-7(8)11(9)12(17)18/h1-6H,(H,17,18). The summed E-state index contributed by atoms with van der Waals surface area (Å²) < 4.78 is 6.18. The van der Waals surface area contributed by atoms with Crippen LogP contribution in [0.15, 0.2) is 40.4 Å². The molecule has 20 heavy (non-hydrogen) atoms. The summed E-state index contributed by atoms with van der Waals surface area (Å²) >= 11 is 4.49. The summed E-state index contributed by atoms with van der Waals surface area (Å²) in [5.74, 6) is -0.882. The van der Waals surface area contributed by atoms with Crippen molar-refractivity contribution in [1.82, 2.24) is 9.97 Å². The Morgan fingerprint density at radius 1 is 1.35 bits per heavy atom. The Bertz CT molecular complexity index is 803. The Morgan fingerprint density at radius 2 is 2.15 bits per heavy atom. The van der Waals surface area contributed by atoms with Crippen LogP contribution in [-0.2, 0) is 0 Å². The highest BCUT2D eigenvalue weighted by molar-refractivity contribution is 9.10. The molecule has 5 nitrogen and oxygen atoms in total. The zero-order valence-corrected chi connectivity index (χ0v) is 12.3. The van der Waals surface area contributed by atoms with Gasteiger partial charge in [0.2, 0.25) is 0 Å². The summed E-state index contributed by atoms with van der Waals surface area (Å²) in [6.07, 6.45) is 1.40. The molecule has 2 heterocycles. The molecule has 0 unspecified atom stereocenters. The molecule has 0 amide bonds. The van der Waals surface area contributed by atoms with Crippen molar-refractivity contribution in [1.29, 1.82) is 0 Å². The van der Waals surface area contributed by atoms with Gasteiger partial charge in [0.25, 0.3) is 5.19 Å². The van der Waals surface area contributed by atoms with E-state index in [0.29, 0.717) is 20.7 Å². The molecule has 0 aliphatic rings. The highest BCUT2D eigenvalue weighted by Crippen LogP contribution is 2.32. The van der Waals surface area contributed by atoms with Crippen molar-refractivity contribution < 1.29 is 14.6 Å². The Hall–Kier alpha value is -1.99. The fourth-order valence-corrected chi connectivity index (χ4v) is 2.90. The number of fused-ring (bicyclic) bond motifs is 1. The molecule has 3 rings (SSSR count). The number of carbonyl (C=O) groups is 1. The van der Waals surface area contributed by atoms with E-state index in [1.54, 1.807) is 29.6 Å². The van der Waals surface area contributed by atoms with Gasteiger partial charge >= 0.3 is 5.97 Å². The molecule has 3 aromatic rings. The van der Waals surface area contributed by atoms with E-state index < -0.39 is 5.97 Å². The van der Waals surface area contributed by atoms with Crippen molar-refractivity contribution in [2.24, 2.45) is 0 Å². The number of pyridine rings is 1. The van der Waals surface area contributed by atoms with Gasteiger partial charge in [-0.05, 0) is 22.0 Å². The van der Waals surface area contributed by atoms with Crippen LogP contribution in [0.3, 0.4) is 0 Å². The lowest BCUT2D eigenvalue weighted by Crippen LogP contribution is -2.02. The number of rotatable bonds is 3. The molecule has 0 atom stereocenters. The molecule has 0 aliphatic carbocycles. The van der Waals surface area contributed by atoms with E-state index in [4.69, 9.17) is 4.74 Å². The molecular formula is C13H7BrN2O3S. The van der Waals surface area contributed by atoms with Crippen molar-refractivity contribution in [3.05, 3.63) is 46.0 Å². The number of benzene rings is 1. The summed E-state index contributed by atoms with van der Waals surface area (Å²) in [6.45, 7) is 0. The van der Waals surface area contributed by atoms with Gasteiger partial charge in [-0.1, -0.05) is 29.5 Å². The number of halogens is 1. The van der Waals surface area contributed by atoms with Crippen LogP contribution in [0.25, 0.3) is 10.9 Å². The molecule has 0 aliphatic heterocycles. The first kappa shape index (κ1) is 13.0. The number of thiazole rings is 1. The van der Waals surface area contributed by atoms with E-state index in [1.807, 2.05) is 0 Å². The highest BCUT2D eigenvalue weighted by Gasteiger charge is 2.18. The maximum atomic E-state index is 11.5.